The fourth-order valence-corrected chi connectivity index (χ4v) is 3.08. The van der Waals surface area contributed by atoms with Crippen LogP contribution in [0.5, 0.6) is 0 Å². The summed E-state index contributed by atoms with van der Waals surface area (Å²) in [5.41, 5.74) is 0.899. The Kier molecular flexibility index (Phi) is 6.93. The van der Waals surface area contributed by atoms with E-state index in [4.69, 9.17) is 16.3 Å². The second-order valence-electron chi connectivity index (χ2n) is 5.33. The maximum atomic E-state index is 11.9. The third-order valence-corrected chi connectivity index (χ3v) is 4.63. The highest BCUT2D eigenvalue weighted by Gasteiger charge is 2.23. The van der Waals surface area contributed by atoms with Gasteiger partial charge in [0.25, 0.3) is 11.1 Å². The Balaban J connectivity index is 1.69. The molecule has 1 aromatic carbocycles. The minimum Gasteiger partial charge on any atom is -0.452 e. The van der Waals surface area contributed by atoms with Crippen molar-refractivity contribution in [3.05, 3.63) is 34.9 Å². The summed E-state index contributed by atoms with van der Waals surface area (Å²) in [7, 11) is 0. The van der Waals surface area contributed by atoms with E-state index in [1.807, 2.05) is 12.1 Å². The zero-order chi connectivity index (χ0) is 17.5. The molecule has 0 spiro atoms. The van der Waals surface area contributed by atoms with Crippen LogP contribution in [-0.4, -0.2) is 47.0 Å². The molecule has 1 saturated heterocycles. The van der Waals surface area contributed by atoms with E-state index >= 15 is 0 Å². The minimum atomic E-state index is -0.881. The molecule has 2 amide bonds. The summed E-state index contributed by atoms with van der Waals surface area (Å²) in [6.45, 7) is 2.82. The molecule has 0 saturated carbocycles. The molecule has 1 heterocycles. The summed E-state index contributed by atoms with van der Waals surface area (Å²) in [6.07, 6.45) is -0.797. The van der Waals surface area contributed by atoms with E-state index in [-0.39, 0.29) is 17.6 Å². The van der Waals surface area contributed by atoms with Crippen molar-refractivity contribution in [1.82, 2.24) is 10.2 Å². The molecule has 0 unspecified atom stereocenters. The summed E-state index contributed by atoms with van der Waals surface area (Å²) < 4.78 is 5.10. The Bertz CT molecular complexity index is 609. The van der Waals surface area contributed by atoms with Crippen molar-refractivity contribution in [3.63, 3.8) is 0 Å². The number of carbonyl (C=O) groups is 3. The van der Waals surface area contributed by atoms with Gasteiger partial charge >= 0.3 is 5.97 Å². The van der Waals surface area contributed by atoms with E-state index in [9.17, 15) is 14.4 Å². The second kappa shape index (κ2) is 8.94. The van der Waals surface area contributed by atoms with Crippen LogP contribution in [-0.2, 0) is 20.9 Å². The van der Waals surface area contributed by atoms with Gasteiger partial charge in [0.2, 0.25) is 0 Å². The van der Waals surface area contributed by atoms with E-state index in [0.717, 1.165) is 11.3 Å². The molecule has 1 aliphatic heterocycles. The lowest BCUT2D eigenvalue weighted by Crippen LogP contribution is -2.36. The third kappa shape index (κ3) is 5.72. The van der Waals surface area contributed by atoms with Gasteiger partial charge in [0, 0.05) is 30.4 Å². The number of hydrogen-bond acceptors (Lipinski definition) is 5. The summed E-state index contributed by atoms with van der Waals surface area (Å²) in [6, 6.07) is 7.10. The number of esters is 1. The number of hydrogen-bond donors (Lipinski definition) is 1. The smallest absolute Gasteiger partial charge is 0.308 e. The van der Waals surface area contributed by atoms with Crippen LogP contribution in [0.2, 0.25) is 5.02 Å². The Labute approximate surface area is 149 Å². The highest BCUT2D eigenvalue weighted by atomic mass is 35.5. The van der Waals surface area contributed by atoms with Crippen molar-refractivity contribution < 1.29 is 19.1 Å². The molecule has 1 fully saturated rings. The van der Waals surface area contributed by atoms with Gasteiger partial charge in [0.1, 0.15) is 0 Å². The molecule has 24 heavy (non-hydrogen) atoms. The van der Waals surface area contributed by atoms with Gasteiger partial charge in [-0.25, -0.2) is 0 Å². The maximum absolute atomic E-state index is 11.9. The van der Waals surface area contributed by atoms with Crippen molar-refractivity contribution in [1.29, 1.82) is 0 Å². The standard InChI is InChI=1S/C16H19ClN2O4S/c1-11(15(21)18-10-12-2-4-13(17)5-3-12)23-14(20)6-7-19-8-9-24-16(19)22/h2-5,11H,6-10H2,1H3,(H,18,21)/t11-/m0/s1. The lowest BCUT2D eigenvalue weighted by atomic mass is 10.2. The topological polar surface area (TPSA) is 75.7 Å². The first kappa shape index (κ1) is 18.6. The maximum Gasteiger partial charge on any atom is 0.308 e. The minimum absolute atomic E-state index is 0.0171. The number of nitrogens with zero attached hydrogens (tertiary/aromatic N) is 1. The molecule has 130 valence electrons. The van der Waals surface area contributed by atoms with Crippen LogP contribution in [0.15, 0.2) is 24.3 Å². The number of amides is 2. The van der Waals surface area contributed by atoms with Gasteiger partial charge in [-0.05, 0) is 24.6 Å². The van der Waals surface area contributed by atoms with E-state index in [1.165, 1.54) is 18.7 Å². The lowest BCUT2D eigenvalue weighted by Gasteiger charge is -2.16. The SMILES string of the molecule is C[C@H](OC(=O)CCN1CCSC1=O)C(=O)NCc1ccc(Cl)cc1. The molecular weight excluding hydrogens is 352 g/mol. The number of halogens is 1. The molecule has 1 aromatic rings. The number of carbonyl (C=O) groups excluding carboxylic acids is 3. The molecule has 1 aliphatic rings. The number of rotatable bonds is 7. The van der Waals surface area contributed by atoms with Crippen LogP contribution in [0.25, 0.3) is 0 Å². The van der Waals surface area contributed by atoms with Crippen molar-refractivity contribution in [3.8, 4) is 0 Å². The monoisotopic (exact) mass is 370 g/mol. The summed E-state index contributed by atoms with van der Waals surface area (Å²) in [5.74, 6) is -0.114. The van der Waals surface area contributed by atoms with E-state index in [2.05, 4.69) is 5.32 Å². The van der Waals surface area contributed by atoms with Crippen molar-refractivity contribution in [2.75, 3.05) is 18.8 Å². The second-order valence-corrected chi connectivity index (χ2v) is 6.81. The van der Waals surface area contributed by atoms with Crippen LogP contribution in [0, 0.1) is 0 Å². The van der Waals surface area contributed by atoms with Crippen LogP contribution in [0.1, 0.15) is 18.9 Å². The van der Waals surface area contributed by atoms with Gasteiger partial charge in [-0.15, -0.1) is 0 Å². The molecule has 1 N–H and O–H groups in total. The largest absolute Gasteiger partial charge is 0.452 e. The van der Waals surface area contributed by atoms with Crippen LogP contribution >= 0.6 is 23.4 Å². The fraction of sp³-hybridized carbons (Fsp3) is 0.438. The molecule has 0 radical (unpaired) electrons. The average molecular weight is 371 g/mol. The zero-order valence-electron chi connectivity index (χ0n) is 13.3. The van der Waals surface area contributed by atoms with Crippen molar-refractivity contribution in [2.45, 2.75) is 26.0 Å². The lowest BCUT2D eigenvalue weighted by molar-refractivity contribution is -0.155. The van der Waals surface area contributed by atoms with Gasteiger partial charge in [0.05, 0.1) is 6.42 Å². The Hall–Kier alpha value is -1.73. The summed E-state index contributed by atoms with van der Waals surface area (Å²) in [5, 5.41) is 3.31. The van der Waals surface area contributed by atoms with Gasteiger partial charge in [0.15, 0.2) is 6.10 Å². The number of ether oxygens (including phenoxy) is 1. The first-order valence-electron chi connectivity index (χ1n) is 7.59. The number of thioether (sulfide) groups is 1. The van der Waals surface area contributed by atoms with Gasteiger partial charge in [-0.2, -0.15) is 0 Å². The van der Waals surface area contributed by atoms with Crippen molar-refractivity contribution in [2.24, 2.45) is 0 Å². The normalized spacial score (nSPS) is 15.2. The number of benzene rings is 1. The van der Waals surface area contributed by atoms with Gasteiger partial charge in [-0.1, -0.05) is 35.5 Å². The van der Waals surface area contributed by atoms with Gasteiger partial charge < -0.3 is 15.0 Å². The Morgan fingerprint density at radius 3 is 2.71 bits per heavy atom. The van der Waals surface area contributed by atoms with Crippen LogP contribution in [0.4, 0.5) is 4.79 Å². The first-order chi connectivity index (χ1) is 11.5. The highest BCUT2D eigenvalue weighted by molar-refractivity contribution is 8.13. The predicted octanol–water partition coefficient (Wildman–Crippen LogP) is 2.45. The van der Waals surface area contributed by atoms with E-state index < -0.39 is 12.1 Å². The Morgan fingerprint density at radius 1 is 1.38 bits per heavy atom. The van der Waals surface area contributed by atoms with E-state index in [1.54, 1.807) is 17.0 Å². The zero-order valence-corrected chi connectivity index (χ0v) is 14.9. The average Bonchev–Trinajstić information content (AvgIpc) is 2.97. The molecular formula is C16H19ClN2O4S. The first-order valence-corrected chi connectivity index (χ1v) is 8.95. The summed E-state index contributed by atoms with van der Waals surface area (Å²) >= 11 is 7.04. The summed E-state index contributed by atoms with van der Waals surface area (Å²) in [4.78, 5) is 36.8. The molecule has 2 rings (SSSR count). The van der Waals surface area contributed by atoms with E-state index in [0.29, 0.717) is 24.7 Å². The number of nitrogens with one attached hydrogen (secondary N) is 1. The molecule has 8 heteroatoms. The predicted molar refractivity (Wildman–Crippen MR) is 92.9 cm³/mol. The fourth-order valence-electron chi connectivity index (χ4n) is 2.10. The van der Waals surface area contributed by atoms with Gasteiger partial charge in [-0.3, -0.25) is 14.4 Å². The molecule has 0 aromatic heterocycles. The third-order valence-electron chi connectivity index (χ3n) is 3.49. The molecule has 1 atom stereocenters. The van der Waals surface area contributed by atoms with Crippen LogP contribution in [0.3, 0.4) is 0 Å². The molecule has 6 nitrogen and oxygen atoms in total. The van der Waals surface area contributed by atoms with Crippen LogP contribution < -0.4 is 5.32 Å². The van der Waals surface area contributed by atoms with Crippen molar-refractivity contribution >= 4 is 40.5 Å². The Morgan fingerprint density at radius 2 is 2.08 bits per heavy atom. The molecule has 0 aliphatic carbocycles. The quantitative estimate of drug-likeness (QED) is 0.746. The highest BCUT2D eigenvalue weighted by Crippen LogP contribution is 2.17. The molecule has 0 bridgehead atoms.